The third-order valence-electron chi connectivity index (χ3n) is 3.05. The Bertz CT molecular complexity index is 872. The second-order valence-corrected chi connectivity index (χ2v) is 7.49. The number of amides is 2. The van der Waals surface area contributed by atoms with Crippen LogP contribution >= 0.6 is 11.8 Å². The first-order chi connectivity index (χ1) is 11.9. The van der Waals surface area contributed by atoms with Gasteiger partial charge in [0.05, 0.1) is 12.0 Å². The summed E-state index contributed by atoms with van der Waals surface area (Å²) < 4.78 is 31.9. The number of nitrogens with zero attached hydrogens (tertiary/aromatic N) is 2. The number of rotatable bonds is 6. The number of nitrogens with one attached hydrogen (secondary N) is 2. The van der Waals surface area contributed by atoms with Gasteiger partial charge in [0.15, 0.2) is 0 Å². The number of hydrogen-bond acceptors (Lipinski definition) is 7. The number of hydrogen-bond donors (Lipinski definition) is 2. The summed E-state index contributed by atoms with van der Waals surface area (Å²) in [5.41, 5.74) is 1.18. The standard InChI is InChI=1S/C15H18N4O4S2/c1-10-8-13(23-2)17-14(16-10)18-15(20)19-25(21,22)12-7-5-4-6-11(12)9-24-3/h4-8H,9H2,1-3H3,(H2,16,17,18,19,20). The van der Waals surface area contributed by atoms with E-state index in [0.29, 0.717) is 17.0 Å². The number of sulfonamides is 1. The highest BCUT2D eigenvalue weighted by molar-refractivity contribution is 7.97. The predicted octanol–water partition coefficient (Wildman–Crippen LogP) is 2.17. The number of aryl methyl sites for hydroxylation is 1. The summed E-state index contributed by atoms with van der Waals surface area (Å²) in [7, 11) is -2.59. The van der Waals surface area contributed by atoms with E-state index >= 15 is 0 Å². The molecule has 0 saturated heterocycles. The molecule has 8 nitrogen and oxygen atoms in total. The van der Waals surface area contributed by atoms with Crippen molar-refractivity contribution in [2.45, 2.75) is 17.6 Å². The molecule has 0 aliphatic rings. The van der Waals surface area contributed by atoms with Crippen molar-refractivity contribution in [1.82, 2.24) is 14.7 Å². The van der Waals surface area contributed by atoms with Crippen LogP contribution in [0.4, 0.5) is 10.7 Å². The van der Waals surface area contributed by atoms with E-state index in [1.54, 1.807) is 31.2 Å². The molecule has 0 aliphatic heterocycles. The van der Waals surface area contributed by atoms with E-state index in [2.05, 4.69) is 15.3 Å². The summed E-state index contributed by atoms with van der Waals surface area (Å²) in [6.45, 7) is 1.70. The largest absolute Gasteiger partial charge is 0.481 e. The van der Waals surface area contributed by atoms with Crippen molar-refractivity contribution in [1.29, 1.82) is 0 Å². The van der Waals surface area contributed by atoms with Crippen LogP contribution in [0, 0.1) is 6.92 Å². The molecule has 10 heteroatoms. The van der Waals surface area contributed by atoms with Gasteiger partial charge in [-0.15, -0.1) is 0 Å². The quantitative estimate of drug-likeness (QED) is 0.788. The van der Waals surface area contributed by atoms with Crippen LogP contribution in [0.15, 0.2) is 35.2 Å². The van der Waals surface area contributed by atoms with E-state index in [4.69, 9.17) is 4.74 Å². The fourth-order valence-corrected chi connectivity index (χ4v) is 3.85. The molecule has 2 aromatic rings. The van der Waals surface area contributed by atoms with Crippen molar-refractivity contribution >= 4 is 33.8 Å². The minimum atomic E-state index is -4.02. The maximum absolute atomic E-state index is 12.5. The van der Waals surface area contributed by atoms with E-state index in [1.165, 1.54) is 24.9 Å². The van der Waals surface area contributed by atoms with Gasteiger partial charge in [0.1, 0.15) is 0 Å². The van der Waals surface area contributed by atoms with Gasteiger partial charge in [0.25, 0.3) is 10.0 Å². The van der Waals surface area contributed by atoms with Gasteiger partial charge in [-0.05, 0) is 24.8 Å². The highest BCUT2D eigenvalue weighted by Crippen LogP contribution is 2.19. The average molecular weight is 382 g/mol. The SMILES string of the molecule is COc1cc(C)nc(NC(=O)NS(=O)(=O)c2ccccc2CSC)n1. The lowest BCUT2D eigenvalue weighted by atomic mass is 10.2. The molecule has 25 heavy (non-hydrogen) atoms. The summed E-state index contributed by atoms with van der Waals surface area (Å²) in [6.07, 6.45) is 1.87. The summed E-state index contributed by atoms with van der Waals surface area (Å²) >= 11 is 1.49. The van der Waals surface area contributed by atoms with Crippen LogP contribution < -0.4 is 14.8 Å². The number of anilines is 1. The Morgan fingerprint density at radius 2 is 2.00 bits per heavy atom. The number of benzene rings is 1. The molecule has 1 heterocycles. The van der Waals surface area contributed by atoms with Crippen molar-refractivity contribution in [3.63, 3.8) is 0 Å². The maximum atomic E-state index is 12.5. The van der Waals surface area contributed by atoms with Crippen LogP contribution in [-0.4, -0.2) is 37.8 Å². The van der Waals surface area contributed by atoms with Crippen LogP contribution in [0.5, 0.6) is 5.88 Å². The number of urea groups is 1. The molecular weight excluding hydrogens is 364 g/mol. The van der Waals surface area contributed by atoms with Crippen molar-refractivity contribution in [2.75, 3.05) is 18.7 Å². The van der Waals surface area contributed by atoms with Gasteiger partial charge in [-0.1, -0.05) is 18.2 Å². The summed E-state index contributed by atoms with van der Waals surface area (Å²) in [6, 6.07) is 7.14. The van der Waals surface area contributed by atoms with Crippen LogP contribution in [0.1, 0.15) is 11.3 Å². The van der Waals surface area contributed by atoms with E-state index in [1.807, 2.05) is 11.0 Å². The molecule has 0 spiro atoms. The van der Waals surface area contributed by atoms with Crippen molar-refractivity contribution in [2.24, 2.45) is 0 Å². The molecule has 2 rings (SSSR count). The molecule has 2 N–H and O–H groups in total. The molecule has 2 amide bonds. The normalized spacial score (nSPS) is 11.0. The van der Waals surface area contributed by atoms with Crippen LogP contribution in [0.25, 0.3) is 0 Å². The Morgan fingerprint density at radius 1 is 1.28 bits per heavy atom. The van der Waals surface area contributed by atoms with Crippen LogP contribution in [0.2, 0.25) is 0 Å². The Morgan fingerprint density at radius 3 is 2.68 bits per heavy atom. The topological polar surface area (TPSA) is 110 Å². The number of ether oxygens (including phenoxy) is 1. The fourth-order valence-electron chi connectivity index (χ4n) is 2.04. The predicted molar refractivity (Wildman–Crippen MR) is 96.3 cm³/mol. The van der Waals surface area contributed by atoms with E-state index < -0.39 is 16.1 Å². The lowest BCUT2D eigenvalue weighted by molar-refractivity contribution is 0.256. The van der Waals surface area contributed by atoms with Gasteiger partial charge in [-0.25, -0.2) is 22.9 Å². The number of carbonyl (C=O) groups excluding carboxylic acids is 1. The van der Waals surface area contributed by atoms with Crippen molar-refractivity contribution < 1.29 is 17.9 Å². The minimum Gasteiger partial charge on any atom is -0.481 e. The Balaban J connectivity index is 2.18. The average Bonchev–Trinajstić information content (AvgIpc) is 2.54. The zero-order valence-corrected chi connectivity index (χ0v) is 15.6. The zero-order chi connectivity index (χ0) is 18.4. The first kappa shape index (κ1) is 19.0. The smallest absolute Gasteiger partial charge is 0.335 e. The van der Waals surface area contributed by atoms with E-state index in [9.17, 15) is 13.2 Å². The molecule has 0 saturated carbocycles. The number of thioether (sulfide) groups is 1. The van der Waals surface area contributed by atoms with E-state index in [0.717, 1.165) is 0 Å². The Labute approximate surface area is 150 Å². The number of aromatic nitrogens is 2. The van der Waals surface area contributed by atoms with Gasteiger partial charge >= 0.3 is 6.03 Å². The third-order valence-corrected chi connectivity index (χ3v) is 5.09. The second-order valence-electron chi connectivity index (χ2n) is 4.98. The monoisotopic (exact) mass is 382 g/mol. The van der Waals surface area contributed by atoms with Gasteiger partial charge in [0.2, 0.25) is 11.8 Å². The zero-order valence-electron chi connectivity index (χ0n) is 13.9. The highest BCUT2D eigenvalue weighted by atomic mass is 32.2. The lowest BCUT2D eigenvalue weighted by Crippen LogP contribution is -2.35. The van der Waals surface area contributed by atoms with Crippen molar-refractivity contribution in [3.05, 3.63) is 41.6 Å². The molecule has 0 bridgehead atoms. The summed E-state index contributed by atoms with van der Waals surface area (Å²) in [5, 5.41) is 2.30. The highest BCUT2D eigenvalue weighted by Gasteiger charge is 2.21. The third kappa shape index (κ3) is 5.07. The van der Waals surface area contributed by atoms with Crippen molar-refractivity contribution in [3.8, 4) is 5.88 Å². The molecule has 0 radical (unpaired) electrons. The Kier molecular flexibility index (Phi) is 6.21. The van der Waals surface area contributed by atoms with Gasteiger partial charge < -0.3 is 4.74 Å². The summed E-state index contributed by atoms with van der Waals surface area (Å²) in [5.74, 6) is 0.717. The van der Waals surface area contributed by atoms with Gasteiger partial charge in [0, 0.05) is 17.5 Å². The molecule has 1 aromatic carbocycles. The second kappa shape index (κ2) is 8.17. The molecular formula is C15H18N4O4S2. The molecule has 0 unspecified atom stereocenters. The Hall–Kier alpha value is -2.33. The molecule has 0 fully saturated rings. The summed E-state index contributed by atoms with van der Waals surface area (Å²) in [4.78, 5) is 20.1. The van der Waals surface area contributed by atoms with E-state index in [-0.39, 0.29) is 16.7 Å². The first-order valence-electron chi connectivity index (χ1n) is 7.16. The lowest BCUT2D eigenvalue weighted by Gasteiger charge is -2.11. The molecule has 134 valence electrons. The fraction of sp³-hybridized carbons (Fsp3) is 0.267. The number of carbonyl (C=O) groups is 1. The van der Waals surface area contributed by atoms with Crippen LogP contribution in [0.3, 0.4) is 0 Å². The minimum absolute atomic E-state index is 0.0538. The molecule has 0 atom stereocenters. The van der Waals surface area contributed by atoms with Gasteiger partial charge in [-0.3, -0.25) is 5.32 Å². The number of methoxy groups -OCH3 is 1. The van der Waals surface area contributed by atoms with Crippen LogP contribution in [-0.2, 0) is 15.8 Å². The maximum Gasteiger partial charge on any atom is 0.335 e. The molecule has 0 aliphatic carbocycles. The first-order valence-corrected chi connectivity index (χ1v) is 10.0. The molecule has 1 aromatic heterocycles. The van der Waals surface area contributed by atoms with Gasteiger partial charge in [-0.2, -0.15) is 16.7 Å².